The van der Waals surface area contributed by atoms with Gasteiger partial charge in [0.15, 0.2) is 5.41 Å². The van der Waals surface area contributed by atoms with E-state index in [0.717, 1.165) is 19.3 Å². The van der Waals surface area contributed by atoms with Crippen LogP contribution in [-0.2, 0) is 16.0 Å². The molecule has 1 rings (SSSR count). The molecule has 0 aliphatic rings. The third-order valence-electron chi connectivity index (χ3n) is 4.13. The van der Waals surface area contributed by atoms with Gasteiger partial charge in [0.05, 0.1) is 19.4 Å². The summed E-state index contributed by atoms with van der Waals surface area (Å²) >= 11 is 0. The maximum absolute atomic E-state index is 12.3. The van der Waals surface area contributed by atoms with Crippen LogP contribution >= 0.6 is 0 Å². The first kappa shape index (κ1) is 20.9. The quantitative estimate of drug-likeness (QED) is 0.298. The van der Waals surface area contributed by atoms with Gasteiger partial charge in [-0.15, -0.1) is 0 Å². The zero-order valence-corrected chi connectivity index (χ0v) is 15.0. The van der Waals surface area contributed by atoms with Crippen LogP contribution in [0.25, 0.3) is 0 Å². The van der Waals surface area contributed by atoms with Gasteiger partial charge in [-0.05, 0) is 44.6 Å². The average Bonchev–Trinajstić information content (AvgIpc) is 2.64. The summed E-state index contributed by atoms with van der Waals surface area (Å²) in [4.78, 5) is 12.3. The van der Waals surface area contributed by atoms with Crippen LogP contribution in [0.1, 0.15) is 51.0 Å². The van der Waals surface area contributed by atoms with E-state index in [0.29, 0.717) is 25.7 Å². The number of allylic oxidation sites excluding steroid dienone is 1. The molecule has 136 valence electrons. The van der Waals surface area contributed by atoms with Gasteiger partial charge in [0, 0.05) is 0 Å². The van der Waals surface area contributed by atoms with Crippen molar-refractivity contribution in [1.29, 1.82) is 5.26 Å². The summed E-state index contributed by atoms with van der Waals surface area (Å²) in [6, 6.07) is 12.3. The van der Waals surface area contributed by atoms with Gasteiger partial charge >= 0.3 is 5.97 Å². The largest absolute Gasteiger partial charge is 0.465 e. The Morgan fingerprint density at radius 2 is 2.00 bits per heavy atom. The molecule has 0 saturated heterocycles. The minimum atomic E-state index is -1.25. The second-order valence-corrected chi connectivity index (χ2v) is 6.08. The Hall–Kier alpha value is -2.15. The fourth-order valence-electron chi connectivity index (χ4n) is 2.68. The van der Waals surface area contributed by atoms with E-state index >= 15 is 0 Å². The third kappa shape index (κ3) is 7.51. The molecule has 3 nitrogen and oxygen atoms in total. The molecule has 0 radical (unpaired) electrons. The standard InChI is InChI=1S/C21H28FNO2/c1-2-25-20(24)21(18-23,16-10-5-11-17-22)15-9-4-8-14-19-12-6-3-7-13-19/h3,6-7,9,12-13,15H,2,4-5,8,10-11,14,16-17H2,1H3/b15-9+/t21-/m1/s1. The van der Waals surface area contributed by atoms with E-state index in [9.17, 15) is 14.4 Å². The Kier molecular flexibility index (Phi) is 10.2. The van der Waals surface area contributed by atoms with Crippen LogP contribution in [0.4, 0.5) is 4.39 Å². The van der Waals surface area contributed by atoms with E-state index < -0.39 is 11.4 Å². The van der Waals surface area contributed by atoms with Crippen molar-refractivity contribution >= 4 is 5.97 Å². The monoisotopic (exact) mass is 345 g/mol. The summed E-state index contributed by atoms with van der Waals surface area (Å²) in [5, 5.41) is 9.59. The van der Waals surface area contributed by atoms with E-state index in [1.54, 1.807) is 13.0 Å². The van der Waals surface area contributed by atoms with Crippen molar-refractivity contribution in [2.75, 3.05) is 13.3 Å². The average molecular weight is 345 g/mol. The minimum absolute atomic E-state index is 0.245. The molecule has 0 aliphatic carbocycles. The Balaban J connectivity index is 2.61. The fourth-order valence-corrected chi connectivity index (χ4v) is 2.68. The summed E-state index contributed by atoms with van der Waals surface area (Å²) in [5.41, 5.74) is 0.0260. The number of nitriles is 1. The fraction of sp³-hybridized carbons (Fsp3) is 0.524. The predicted molar refractivity (Wildman–Crippen MR) is 97.6 cm³/mol. The topological polar surface area (TPSA) is 50.1 Å². The summed E-state index contributed by atoms with van der Waals surface area (Å²) in [5.74, 6) is -0.503. The summed E-state index contributed by atoms with van der Waals surface area (Å²) in [6.45, 7) is 1.61. The van der Waals surface area contributed by atoms with E-state index in [4.69, 9.17) is 4.74 Å². The molecule has 0 amide bonds. The highest BCUT2D eigenvalue weighted by atomic mass is 19.1. The van der Waals surface area contributed by atoms with Crippen molar-refractivity contribution in [2.24, 2.45) is 5.41 Å². The van der Waals surface area contributed by atoms with E-state index in [1.807, 2.05) is 24.3 Å². The molecule has 0 aromatic heterocycles. The van der Waals surface area contributed by atoms with E-state index in [1.165, 1.54) is 5.56 Å². The lowest BCUT2D eigenvalue weighted by atomic mass is 9.83. The molecule has 4 heteroatoms. The van der Waals surface area contributed by atoms with Gasteiger partial charge in [0.25, 0.3) is 0 Å². The van der Waals surface area contributed by atoms with Crippen molar-refractivity contribution in [3.63, 3.8) is 0 Å². The summed E-state index contributed by atoms with van der Waals surface area (Å²) in [7, 11) is 0. The van der Waals surface area contributed by atoms with Crippen molar-refractivity contribution in [3.05, 3.63) is 48.0 Å². The van der Waals surface area contributed by atoms with Crippen LogP contribution in [-0.4, -0.2) is 19.3 Å². The Bertz CT molecular complexity index is 565. The molecular weight excluding hydrogens is 317 g/mol. The summed E-state index contributed by atoms with van der Waals surface area (Å²) in [6.07, 6.45) is 8.42. The van der Waals surface area contributed by atoms with Crippen LogP contribution in [0.5, 0.6) is 0 Å². The molecule has 0 bridgehead atoms. The second kappa shape index (κ2) is 12.2. The number of benzene rings is 1. The number of rotatable bonds is 12. The molecule has 0 saturated carbocycles. The Morgan fingerprint density at radius 1 is 1.24 bits per heavy atom. The molecular formula is C21H28FNO2. The van der Waals surface area contributed by atoms with Gasteiger partial charge < -0.3 is 4.74 Å². The molecule has 1 atom stereocenters. The van der Waals surface area contributed by atoms with E-state index in [-0.39, 0.29) is 13.3 Å². The van der Waals surface area contributed by atoms with Crippen LogP contribution in [0.15, 0.2) is 42.5 Å². The first-order chi connectivity index (χ1) is 12.2. The van der Waals surface area contributed by atoms with Crippen molar-refractivity contribution in [3.8, 4) is 6.07 Å². The number of halogens is 1. The molecule has 1 aromatic carbocycles. The number of carbonyl (C=O) groups excluding carboxylic acids is 1. The number of hydrogen-bond donors (Lipinski definition) is 0. The normalized spacial score (nSPS) is 13.3. The predicted octanol–water partition coefficient (Wildman–Crippen LogP) is 5.17. The third-order valence-corrected chi connectivity index (χ3v) is 4.13. The highest BCUT2D eigenvalue weighted by Gasteiger charge is 2.37. The van der Waals surface area contributed by atoms with Crippen LogP contribution in [0.3, 0.4) is 0 Å². The number of unbranched alkanes of at least 4 members (excludes halogenated alkanes) is 3. The van der Waals surface area contributed by atoms with Crippen LogP contribution < -0.4 is 0 Å². The number of carbonyl (C=O) groups is 1. The maximum Gasteiger partial charge on any atom is 0.330 e. The Morgan fingerprint density at radius 3 is 2.64 bits per heavy atom. The van der Waals surface area contributed by atoms with Gasteiger partial charge in [0.2, 0.25) is 0 Å². The molecule has 0 unspecified atom stereocenters. The van der Waals surface area contributed by atoms with E-state index in [2.05, 4.69) is 18.2 Å². The van der Waals surface area contributed by atoms with Gasteiger partial charge in [0.1, 0.15) is 0 Å². The minimum Gasteiger partial charge on any atom is -0.465 e. The first-order valence-corrected chi connectivity index (χ1v) is 9.04. The Labute approximate surface area is 150 Å². The highest BCUT2D eigenvalue weighted by molar-refractivity contribution is 5.82. The van der Waals surface area contributed by atoms with Crippen molar-refractivity contribution in [2.45, 2.75) is 51.9 Å². The lowest BCUT2D eigenvalue weighted by Crippen LogP contribution is -2.29. The second-order valence-electron chi connectivity index (χ2n) is 6.08. The molecule has 25 heavy (non-hydrogen) atoms. The number of ether oxygens (including phenoxy) is 1. The van der Waals surface area contributed by atoms with Crippen molar-refractivity contribution in [1.82, 2.24) is 0 Å². The highest BCUT2D eigenvalue weighted by Crippen LogP contribution is 2.29. The SMILES string of the molecule is CCOC(=O)[C@](C#N)(/C=C/CCCc1ccccc1)CCCCCF. The van der Waals surface area contributed by atoms with Crippen LogP contribution in [0.2, 0.25) is 0 Å². The lowest BCUT2D eigenvalue weighted by Gasteiger charge is -2.20. The number of nitrogens with zero attached hydrogens (tertiary/aromatic N) is 1. The van der Waals surface area contributed by atoms with Gasteiger partial charge in [-0.1, -0.05) is 55.3 Å². The zero-order valence-electron chi connectivity index (χ0n) is 15.0. The lowest BCUT2D eigenvalue weighted by molar-refractivity contribution is -0.149. The number of hydrogen-bond acceptors (Lipinski definition) is 3. The molecule has 0 N–H and O–H groups in total. The molecule has 0 fully saturated rings. The molecule has 1 aromatic rings. The number of aryl methyl sites for hydroxylation is 1. The maximum atomic E-state index is 12.3. The molecule has 0 heterocycles. The van der Waals surface area contributed by atoms with Gasteiger partial charge in [-0.3, -0.25) is 4.39 Å². The zero-order chi connectivity index (χ0) is 18.4. The summed E-state index contributed by atoms with van der Waals surface area (Å²) < 4.78 is 17.3. The molecule has 0 spiro atoms. The molecule has 0 aliphatic heterocycles. The van der Waals surface area contributed by atoms with Gasteiger partial charge in [-0.25, -0.2) is 4.79 Å². The smallest absolute Gasteiger partial charge is 0.330 e. The first-order valence-electron chi connectivity index (χ1n) is 9.04. The van der Waals surface area contributed by atoms with Gasteiger partial charge in [-0.2, -0.15) is 5.26 Å². The number of esters is 1. The van der Waals surface area contributed by atoms with Crippen LogP contribution in [0, 0.1) is 16.7 Å². The van der Waals surface area contributed by atoms with Crippen molar-refractivity contribution < 1.29 is 13.9 Å². The number of alkyl halides is 1.